The van der Waals surface area contributed by atoms with E-state index in [1.54, 1.807) is 13.0 Å². The first kappa shape index (κ1) is 15.2. The van der Waals surface area contributed by atoms with Crippen LogP contribution in [-0.2, 0) is 4.74 Å². The van der Waals surface area contributed by atoms with Crippen LogP contribution in [0.25, 0.3) is 0 Å². The van der Waals surface area contributed by atoms with Gasteiger partial charge >= 0.3 is 0 Å². The van der Waals surface area contributed by atoms with Gasteiger partial charge in [-0.3, -0.25) is 4.79 Å². The van der Waals surface area contributed by atoms with E-state index >= 15 is 0 Å². The van der Waals surface area contributed by atoms with Crippen LogP contribution in [0.4, 0.5) is 4.39 Å². The second-order valence-corrected chi connectivity index (χ2v) is 5.90. The molecule has 1 aromatic carbocycles. The zero-order valence-electron chi connectivity index (χ0n) is 12.5. The van der Waals surface area contributed by atoms with E-state index in [1.165, 1.54) is 12.1 Å². The van der Waals surface area contributed by atoms with Crippen LogP contribution < -0.4 is 0 Å². The molecule has 2 nitrogen and oxygen atoms in total. The number of ether oxygens (including phenoxy) is 1. The van der Waals surface area contributed by atoms with Gasteiger partial charge in [0.15, 0.2) is 5.78 Å². The number of rotatable bonds is 4. The SMILES string of the molecule is CCOC1(C(=O)c2ccc(F)cc2C)CCC(C)CC1. The van der Waals surface area contributed by atoms with E-state index in [0.717, 1.165) is 25.7 Å². The molecule has 20 heavy (non-hydrogen) atoms. The monoisotopic (exact) mass is 278 g/mol. The predicted molar refractivity (Wildman–Crippen MR) is 77.5 cm³/mol. The molecular formula is C17H23FO2. The normalized spacial score (nSPS) is 26.5. The van der Waals surface area contributed by atoms with Crippen molar-refractivity contribution in [3.05, 3.63) is 35.1 Å². The minimum absolute atomic E-state index is 0.0174. The lowest BCUT2D eigenvalue weighted by Gasteiger charge is -2.38. The van der Waals surface area contributed by atoms with Crippen molar-refractivity contribution < 1.29 is 13.9 Å². The number of benzene rings is 1. The summed E-state index contributed by atoms with van der Waals surface area (Å²) in [4.78, 5) is 12.9. The number of Topliss-reactive ketones (excluding diaryl/α,β-unsaturated/α-hetero) is 1. The average molecular weight is 278 g/mol. The van der Waals surface area contributed by atoms with Gasteiger partial charge in [-0.05, 0) is 69.2 Å². The van der Waals surface area contributed by atoms with Crippen molar-refractivity contribution in [3.63, 3.8) is 0 Å². The lowest BCUT2D eigenvalue weighted by molar-refractivity contribution is -0.0474. The topological polar surface area (TPSA) is 26.3 Å². The van der Waals surface area contributed by atoms with Crippen LogP contribution >= 0.6 is 0 Å². The third kappa shape index (κ3) is 2.93. The zero-order chi connectivity index (χ0) is 14.8. The van der Waals surface area contributed by atoms with Gasteiger partial charge < -0.3 is 4.74 Å². The van der Waals surface area contributed by atoms with Gasteiger partial charge in [0.25, 0.3) is 0 Å². The first-order chi connectivity index (χ1) is 9.48. The Hall–Kier alpha value is -1.22. The summed E-state index contributed by atoms with van der Waals surface area (Å²) in [6.07, 6.45) is 3.53. The highest BCUT2D eigenvalue weighted by Gasteiger charge is 2.42. The molecule has 110 valence electrons. The van der Waals surface area contributed by atoms with Gasteiger partial charge in [-0.15, -0.1) is 0 Å². The minimum atomic E-state index is -0.705. The van der Waals surface area contributed by atoms with Crippen LogP contribution in [0.2, 0.25) is 0 Å². The molecule has 1 saturated carbocycles. The number of aryl methyl sites for hydroxylation is 1. The molecule has 0 unspecified atom stereocenters. The summed E-state index contributed by atoms with van der Waals surface area (Å²) in [5.41, 5.74) is 0.575. The third-order valence-electron chi connectivity index (χ3n) is 4.35. The van der Waals surface area contributed by atoms with E-state index in [4.69, 9.17) is 4.74 Å². The summed E-state index contributed by atoms with van der Waals surface area (Å²) in [5, 5.41) is 0. The van der Waals surface area contributed by atoms with E-state index in [2.05, 4.69) is 6.92 Å². The van der Waals surface area contributed by atoms with E-state index < -0.39 is 5.60 Å². The van der Waals surface area contributed by atoms with Gasteiger partial charge in [0.2, 0.25) is 0 Å². The maximum Gasteiger partial charge on any atom is 0.194 e. The van der Waals surface area contributed by atoms with Gasteiger partial charge in [-0.25, -0.2) is 4.39 Å². The molecule has 0 aliphatic heterocycles. The molecule has 0 spiro atoms. The van der Waals surface area contributed by atoms with Gasteiger partial charge in [-0.1, -0.05) is 6.92 Å². The second-order valence-electron chi connectivity index (χ2n) is 5.90. The molecule has 0 heterocycles. The molecule has 1 aliphatic rings. The minimum Gasteiger partial charge on any atom is -0.367 e. The highest BCUT2D eigenvalue weighted by atomic mass is 19.1. The van der Waals surface area contributed by atoms with Crippen molar-refractivity contribution >= 4 is 5.78 Å². The molecule has 1 fully saturated rings. The van der Waals surface area contributed by atoms with Gasteiger partial charge in [0.05, 0.1) is 0 Å². The molecule has 0 atom stereocenters. The fraction of sp³-hybridized carbons (Fsp3) is 0.588. The quantitative estimate of drug-likeness (QED) is 0.767. The fourth-order valence-electron chi connectivity index (χ4n) is 3.07. The highest BCUT2D eigenvalue weighted by Crippen LogP contribution is 2.37. The number of hydrogen-bond donors (Lipinski definition) is 0. The van der Waals surface area contributed by atoms with Crippen LogP contribution in [0.5, 0.6) is 0 Å². The van der Waals surface area contributed by atoms with Crippen molar-refractivity contribution in [3.8, 4) is 0 Å². The molecule has 3 heteroatoms. The molecule has 0 saturated heterocycles. The van der Waals surface area contributed by atoms with Crippen molar-refractivity contribution in [1.29, 1.82) is 0 Å². The maximum atomic E-state index is 13.2. The summed E-state index contributed by atoms with van der Waals surface area (Å²) in [6, 6.07) is 4.36. The number of halogens is 1. The summed E-state index contributed by atoms with van der Waals surface area (Å²) in [7, 11) is 0. The summed E-state index contributed by atoms with van der Waals surface area (Å²) in [5.74, 6) is 0.358. The lowest BCUT2D eigenvalue weighted by Crippen LogP contribution is -2.45. The van der Waals surface area contributed by atoms with E-state index in [1.807, 2.05) is 6.92 Å². The Morgan fingerprint density at radius 1 is 1.40 bits per heavy atom. The van der Waals surface area contributed by atoms with Crippen LogP contribution in [0, 0.1) is 18.7 Å². The van der Waals surface area contributed by atoms with Crippen molar-refractivity contribution in [2.45, 2.75) is 52.1 Å². The van der Waals surface area contributed by atoms with E-state index in [9.17, 15) is 9.18 Å². The fourth-order valence-corrected chi connectivity index (χ4v) is 3.07. The number of carbonyl (C=O) groups excluding carboxylic acids is 1. The highest BCUT2D eigenvalue weighted by molar-refractivity contribution is 6.03. The average Bonchev–Trinajstić information content (AvgIpc) is 2.41. The molecule has 1 aromatic rings. The molecule has 0 amide bonds. The Bertz CT molecular complexity index is 488. The summed E-state index contributed by atoms with van der Waals surface area (Å²) in [6.45, 7) is 6.44. The first-order valence-corrected chi connectivity index (χ1v) is 7.43. The van der Waals surface area contributed by atoms with Crippen molar-refractivity contribution in [2.75, 3.05) is 6.61 Å². The predicted octanol–water partition coefficient (Wildman–Crippen LogP) is 4.30. The molecule has 0 radical (unpaired) electrons. The summed E-state index contributed by atoms with van der Waals surface area (Å²) >= 11 is 0. The van der Waals surface area contributed by atoms with E-state index in [-0.39, 0.29) is 11.6 Å². The largest absolute Gasteiger partial charge is 0.367 e. The molecule has 0 aromatic heterocycles. The van der Waals surface area contributed by atoms with Crippen LogP contribution in [0.15, 0.2) is 18.2 Å². The second kappa shape index (κ2) is 6.04. The Balaban J connectivity index is 2.31. The van der Waals surface area contributed by atoms with Gasteiger partial charge in [0, 0.05) is 12.2 Å². The van der Waals surface area contributed by atoms with Crippen LogP contribution in [0.3, 0.4) is 0 Å². The molecule has 2 rings (SSSR count). The number of carbonyl (C=O) groups is 1. The number of hydrogen-bond acceptors (Lipinski definition) is 2. The number of ketones is 1. The van der Waals surface area contributed by atoms with Crippen LogP contribution in [0.1, 0.15) is 55.5 Å². The van der Waals surface area contributed by atoms with E-state index in [0.29, 0.717) is 23.7 Å². The van der Waals surface area contributed by atoms with Crippen molar-refractivity contribution in [2.24, 2.45) is 5.92 Å². The molecule has 1 aliphatic carbocycles. The van der Waals surface area contributed by atoms with Gasteiger partial charge in [-0.2, -0.15) is 0 Å². The smallest absolute Gasteiger partial charge is 0.194 e. The Labute approximate surface area is 120 Å². The zero-order valence-corrected chi connectivity index (χ0v) is 12.5. The first-order valence-electron chi connectivity index (χ1n) is 7.43. The lowest BCUT2D eigenvalue weighted by atomic mass is 9.75. The summed E-state index contributed by atoms with van der Waals surface area (Å²) < 4.78 is 19.1. The standard InChI is InChI=1S/C17H23FO2/c1-4-20-17(9-7-12(2)8-10-17)16(19)15-6-5-14(18)11-13(15)3/h5-6,11-12H,4,7-10H2,1-3H3. The molecular weight excluding hydrogens is 255 g/mol. The van der Waals surface area contributed by atoms with Crippen LogP contribution in [-0.4, -0.2) is 18.0 Å². The van der Waals surface area contributed by atoms with Crippen molar-refractivity contribution in [1.82, 2.24) is 0 Å². The Morgan fingerprint density at radius 2 is 2.05 bits per heavy atom. The Morgan fingerprint density at radius 3 is 2.60 bits per heavy atom. The van der Waals surface area contributed by atoms with Gasteiger partial charge in [0.1, 0.15) is 11.4 Å². The third-order valence-corrected chi connectivity index (χ3v) is 4.35. The molecule has 0 bridgehead atoms. The Kier molecular flexibility index (Phi) is 4.59. The maximum absolute atomic E-state index is 13.2. The molecule has 0 N–H and O–H groups in total.